The van der Waals surface area contributed by atoms with Crippen LogP contribution in [0.2, 0.25) is 0 Å². The third kappa shape index (κ3) is 9.82. The van der Waals surface area contributed by atoms with E-state index in [-0.39, 0.29) is 30.1 Å². The van der Waals surface area contributed by atoms with Crippen molar-refractivity contribution in [2.24, 2.45) is 10.9 Å². The van der Waals surface area contributed by atoms with Crippen LogP contribution in [0.25, 0.3) is 0 Å². The number of guanidine groups is 1. The summed E-state index contributed by atoms with van der Waals surface area (Å²) in [5.74, 6) is 2.81. The summed E-state index contributed by atoms with van der Waals surface area (Å²) in [6.07, 6.45) is 2.18. The van der Waals surface area contributed by atoms with Crippen molar-refractivity contribution < 1.29 is 14.2 Å². The fourth-order valence-electron chi connectivity index (χ4n) is 2.72. The van der Waals surface area contributed by atoms with Crippen molar-refractivity contribution in [3.05, 3.63) is 23.8 Å². The molecule has 0 bridgehead atoms. The standard InChI is InChI=1S/C21H37N3O3.HI/c1-7-13-27-19-10-9-17(14-20(19)25-6)15-24-21(22-5)23-12-11-18(16(3)4)26-8-2;/h9-10,14,16,18H,7-8,11-13,15H2,1-6H3,(H2,22,23,24);1H. The molecule has 1 aromatic carbocycles. The molecule has 0 saturated carbocycles. The molecule has 1 rings (SSSR count). The average molecular weight is 507 g/mol. The van der Waals surface area contributed by atoms with E-state index in [0.717, 1.165) is 49.0 Å². The van der Waals surface area contributed by atoms with Crippen LogP contribution in [0, 0.1) is 5.92 Å². The van der Waals surface area contributed by atoms with E-state index < -0.39 is 0 Å². The Hall–Kier alpha value is -1.22. The van der Waals surface area contributed by atoms with Crippen LogP contribution in [0.3, 0.4) is 0 Å². The van der Waals surface area contributed by atoms with E-state index in [1.54, 1.807) is 14.2 Å². The summed E-state index contributed by atoms with van der Waals surface area (Å²) in [5, 5.41) is 6.69. The second-order valence-electron chi connectivity index (χ2n) is 6.71. The minimum atomic E-state index is 0. The highest BCUT2D eigenvalue weighted by Gasteiger charge is 2.13. The lowest BCUT2D eigenvalue weighted by Crippen LogP contribution is -2.38. The fourth-order valence-corrected chi connectivity index (χ4v) is 2.72. The Morgan fingerprint density at radius 2 is 1.89 bits per heavy atom. The number of rotatable bonds is 12. The molecule has 0 aliphatic heterocycles. The molecule has 2 N–H and O–H groups in total. The van der Waals surface area contributed by atoms with Gasteiger partial charge in [-0.05, 0) is 43.4 Å². The molecule has 0 aromatic heterocycles. The van der Waals surface area contributed by atoms with E-state index in [9.17, 15) is 0 Å². The molecule has 162 valence electrons. The fraction of sp³-hybridized carbons (Fsp3) is 0.667. The third-order valence-electron chi connectivity index (χ3n) is 4.22. The van der Waals surface area contributed by atoms with Crippen molar-refractivity contribution >= 4 is 29.9 Å². The molecule has 1 unspecified atom stereocenters. The van der Waals surface area contributed by atoms with E-state index in [0.29, 0.717) is 19.1 Å². The quantitative estimate of drug-likeness (QED) is 0.252. The molecule has 28 heavy (non-hydrogen) atoms. The molecular weight excluding hydrogens is 469 g/mol. The number of nitrogens with zero attached hydrogens (tertiary/aromatic N) is 1. The zero-order valence-corrected chi connectivity index (χ0v) is 20.5. The van der Waals surface area contributed by atoms with Gasteiger partial charge in [-0.25, -0.2) is 0 Å². The molecule has 7 heteroatoms. The van der Waals surface area contributed by atoms with Crippen molar-refractivity contribution in [2.75, 3.05) is 33.9 Å². The number of hydrogen-bond donors (Lipinski definition) is 2. The average Bonchev–Trinajstić information content (AvgIpc) is 2.68. The first-order valence-corrected chi connectivity index (χ1v) is 9.91. The van der Waals surface area contributed by atoms with Crippen LogP contribution in [0.4, 0.5) is 0 Å². The molecule has 0 radical (unpaired) electrons. The molecule has 6 nitrogen and oxygen atoms in total. The summed E-state index contributed by atoms with van der Waals surface area (Å²) >= 11 is 0. The Bertz CT molecular complexity index is 568. The van der Waals surface area contributed by atoms with Crippen LogP contribution in [0.15, 0.2) is 23.2 Å². The summed E-state index contributed by atoms with van der Waals surface area (Å²) in [4.78, 5) is 4.29. The number of aliphatic imine (C=N–C) groups is 1. The minimum Gasteiger partial charge on any atom is -0.493 e. The summed E-state index contributed by atoms with van der Waals surface area (Å²) in [6.45, 7) is 11.4. The number of ether oxygens (including phenoxy) is 3. The molecule has 0 aliphatic rings. The minimum absolute atomic E-state index is 0. The molecule has 0 amide bonds. The SMILES string of the molecule is CCCOc1ccc(CNC(=NC)NCCC(OCC)C(C)C)cc1OC.I. The van der Waals surface area contributed by atoms with Gasteiger partial charge in [0, 0.05) is 26.7 Å². The number of halogens is 1. The normalized spacial score (nSPS) is 12.3. The number of hydrogen-bond acceptors (Lipinski definition) is 4. The molecule has 0 heterocycles. The molecule has 0 saturated heterocycles. The van der Waals surface area contributed by atoms with Gasteiger partial charge in [0.2, 0.25) is 0 Å². The molecule has 1 atom stereocenters. The second-order valence-corrected chi connectivity index (χ2v) is 6.71. The predicted molar refractivity (Wildman–Crippen MR) is 127 cm³/mol. The van der Waals surface area contributed by atoms with Crippen LogP contribution in [-0.2, 0) is 11.3 Å². The van der Waals surface area contributed by atoms with E-state index in [1.165, 1.54) is 0 Å². The maximum Gasteiger partial charge on any atom is 0.191 e. The molecule has 0 fully saturated rings. The highest BCUT2D eigenvalue weighted by molar-refractivity contribution is 14.0. The third-order valence-corrected chi connectivity index (χ3v) is 4.22. The van der Waals surface area contributed by atoms with Gasteiger partial charge in [-0.3, -0.25) is 4.99 Å². The lowest BCUT2D eigenvalue weighted by Gasteiger charge is -2.21. The number of methoxy groups -OCH3 is 1. The molecular formula is C21H38IN3O3. The van der Waals surface area contributed by atoms with Crippen LogP contribution in [-0.4, -0.2) is 46.0 Å². The van der Waals surface area contributed by atoms with Gasteiger partial charge >= 0.3 is 0 Å². The van der Waals surface area contributed by atoms with Crippen molar-refractivity contribution in [1.82, 2.24) is 10.6 Å². The topological polar surface area (TPSA) is 64.1 Å². The molecule has 0 aliphatic carbocycles. The van der Waals surface area contributed by atoms with E-state index in [2.05, 4.69) is 36.4 Å². The van der Waals surface area contributed by atoms with Gasteiger partial charge in [0.1, 0.15) is 0 Å². The zero-order chi connectivity index (χ0) is 20.1. The summed E-state index contributed by atoms with van der Waals surface area (Å²) < 4.78 is 16.9. The van der Waals surface area contributed by atoms with Crippen molar-refractivity contribution in [3.63, 3.8) is 0 Å². The highest BCUT2D eigenvalue weighted by atomic mass is 127. The van der Waals surface area contributed by atoms with Gasteiger partial charge in [-0.2, -0.15) is 0 Å². The maximum atomic E-state index is 5.79. The highest BCUT2D eigenvalue weighted by Crippen LogP contribution is 2.28. The first-order valence-electron chi connectivity index (χ1n) is 9.91. The summed E-state index contributed by atoms with van der Waals surface area (Å²) in [6, 6.07) is 5.99. The first-order chi connectivity index (χ1) is 13.0. The maximum absolute atomic E-state index is 5.79. The molecule has 0 spiro atoms. The summed E-state index contributed by atoms with van der Waals surface area (Å²) in [5.41, 5.74) is 1.10. The lowest BCUT2D eigenvalue weighted by atomic mass is 10.0. The Balaban J connectivity index is 0.00000729. The van der Waals surface area contributed by atoms with Crippen LogP contribution in [0.5, 0.6) is 11.5 Å². The molecule has 1 aromatic rings. The smallest absolute Gasteiger partial charge is 0.191 e. The number of benzene rings is 1. The van der Waals surface area contributed by atoms with Gasteiger partial charge in [-0.1, -0.05) is 26.8 Å². The summed E-state index contributed by atoms with van der Waals surface area (Å²) in [7, 11) is 3.44. The van der Waals surface area contributed by atoms with Gasteiger partial charge in [0.25, 0.3) is 0 Å². The van der Waals surface area contributed by atoms with Crippen LogP contribution in [0.1, 0.15) is 46.1 Å². The van der Waals surface area contributed by atoms with Crippen molar-refractivity contribution in [3.8, 4) is 11.5 Å². The van der Waals surface area contributed by atoms with Crippen LogP contribution < -0.4 is 20.1 Å². The largest absolute Gasteiger partial charge is 0.493 e. The van der Waals surface area contributed by atoms with Gasteiger partial charge in [0.05, 0.1) is 19.8 Å². The predicted octanol–water partition coefficient (Wildman–Crippen LogP) is 4.22. The number of nitrogens with one attached hydrogen (secondary N) is 2. The Labute approximate surface area is 187 Å². The Morgan fingerprint density at radius 1 is 1.14 bits per heavy atom. The van der Waals surface area contributed by atoms with Crippen molar-refractivity contribution in [2.45, 2.75) is 53.2 Å². The Kier molecular flexibility index (Phi) is 15.0. The lowest BCUT2D eigenvalue weighted by molar-refractivity contribution is 0.0258. The van der Waals surface area contributed by atoms with Crippen LogP contribution >= 0.6 is 24.0 Å². The van der Waals surface area contributed by atoms with Gasteiger partial charge < -0.3 is 24.8 Å². The zero-order valence-electron chi connectivity index (χ0n) is 18.2. The van der Waals surface area contributed by atoms with E-state index in [4.69, 9.17) is 14.2 Å². The monoisotopic (exact) mass is 507 g/mol. The second kappa shape index (κ2) is 15.7. The van der Waals surface area contributed by atoms with Crippen molar-refractivity contribution in [1.29, 1.82) is 0 Å². The van der Waals surface area contributed by atoms with Gasteiger partial charge in [0.15, 0.2) is 17.5 Å². The van der Waals surface area contributed by atoms with Gasteiger partial charge in [-0.15, -0.1) is 24.0 Å². The van der Waals surface area contributed by atoms with E-state index in [1.807, 2.05) is 25.1 Å². The Morgan fingerprint density at radius 3 is 2.46 bits per heavy atom. The van der Waals surface area contributed by atoms with E-state index >= 15 is 0 Å². The first kappa shape index (κ1) is 26.8.